The van der Waals surface area contributed by atoms with E-state index < -0.39 is 0 Å². The number of likely N-dealkylation sites (tertiary alicyclic amines) is 1. The van der Waals surface area contributed by atoms with Crippen LogP contribution in [0.25, 0.3) is 0 Å². The predicted octanol–water partition coefficient (Wildman–Crippen LogP) is 3.89. The van der Waals surface area contributed by atoms with Gasteiger partial charge in [0, 0.05) is 17.5 Å². The molecule has 18 heavy (non-hydrogen) atoms. The second-order valence-corrected chi connectivity index (χ2v) is 6.04. The van der Waals surface area contributed by atoms with Gasteiger partial charge in [-0.3, -0.25) is 4.79 Å². The minimum atomic E-state index is 0.0344. The van der Waals surface area contributed by atoms with Crippen LogP contribution in [0.5, 0.6) is 0 Å². The quantitative estimate of drug-likeness (QED) is 0.817. The molecule has 1 aromatic carbocycles. The Morgan fingerprint density at radius 2 is 2.22 bits per heavy atom. The lowest BCUT2D eigenvalue weighted by Crippen LogP contribution is -2.38. The van der Waals surface area contributed by atoms with Gasteiger partial charge in [0.05, 0.1) is 10.6 Å². The zero-order valence-corrected chi connectivity index (χ0v) is 12.3. The standard InChI is InChI=1S/C14H18ClNOS/c1-9(2)13-4-3-7-16(13)14(17)11-8-10(18)5-6-12(11)15/h5-6,8-9,13,18H,3-4,7H2,1-2H3. The van der Waals surface area contributed by atoms with E-state index in [0.29, 0.717) is 22.5 Å². The first-order valence-electron chi connectivity index (χ1n) is 6.30. The van der Waals surface area contributed by atoms with Gasteiger partial charge in [-0.1, -0.05) is 25.4 Å². The zero-order chi connectivity index (χ0) is 13.3. The highest BCUT2D eigenvalue weighted by molar-refractivity contribution is 7.80. The fraction of sp³-hybridized carbons (Fsp3) is 0.500. The molecule has 0 N–H and O–H groups in total. The molecule has 1 atom stereocenters. The maximum absolute atomic E-state index is 12.5. The molecule has 1 aromatic rings. The van der Waals surface area contributed by atoms with Crippen molar-refractivity contribution < 1.29 is 4.79 Å². The van der Waals surface area contributed by atoms with Gasteiger partial charge in [0.2, 0.25) is 0 Å². The SMILES string of the molecule is CC(C)C1CCCN1C(=O)c1cc(S)ccc1Cl. The summed E-state index contributed by atoms with van der Waals surface area (Å²) in [6.45, 7) is 5.15. The van der Waals surface area contributed by atoms with Crippen molar-refractivity contribution in [3.63, 3.8) is 0 Å². The molecule has 1 saturated heterocycles. The lowest BCUT2D eigenvalue weighted by atomic mass is 10.0. The van der Waals surface area contributed by atoms with Crippen LogP contribution in [0.3, 0.4) is 0 Å². The molecular weight excluding hydrogens is 266 g/mol. The van der Waals surface area contributed by atoms with E-state index in [-0.39, 0.29) is 5.91 Å². The second kappa shape index (κ2) is 5.54. The first-order valence-corrected chi connectivity index (χ1v) is 7.12. The Morgan fingerprint density at radius 1 is 1.50 bits per heavy atom. The molecule has 0 saturated carbocycles. The summed E-state index contributed by atoms with van der Waals surface area (Å²) >= 11 is 10.4. The average Bonchev–Trinajstić information content (AvgIpc) is 2.80. The van der Waals surface area contributed by atoms with E-state index in [1.165, 1.54) is 0 Å². The van der Waals surface area contributed by atoms with Crippen molar-refractivity contribution >= 4 is 30.1 Å². The van der Waals surface area contributed by atoms with Crippen LogP contribution in [0.2, 0.25) is 5.02 Å². The highest BCUT2D eigenvalue weighted by atomic mass is 35.5. The Hall–Kier alpha value is -0.670. The summed E-state index contributed by atoms with van der Waals surface area (Å²) < 4.78 is 0. The van der Waals surface area contributed by atoms with Gasteiger partial charge in [0.1, 0.15) is 0 Å². The number of hydrogen-bond acceptors (Lipinski definition) is 2. The predicted molar refractivity (Wildman–Crippen MR) is 77.6 cm³/mol. The van der Waals surface area contributed by atoms with E-state index in [1.54, 1.807) is 18.2 Å². The Kier molecular flexibility index (Phi) is 4.23. The van der Waals surface area contributed by atoms with Crippen molar-refractivity contribution in [3.05, 3.63) is 28.8 Å². The van der Waals surface area contributed by atoms with Gasteiger partial charge in [-0.25, -0.2) is 0 Å². The number of thiol groups is 1. The van der Waals surface area contributed by atoms with E-state index in [4.69, 9.17) is 11.6 Å². The molecular formula is C14H18ClNOS. The lowest BCUT2D eigenvalue weighted by molar-refractivity contribution is 0.0701. The summed E-state index contributed by atoms with van der Waals surface area (Å²) in [5.41, 5.74) is 0.566. The van der Waals surface area contributed by atoms with Gasteiger partial charge in [-0.15, -0.1) is 12.6 Å². The zero-order valence-electron chi connectivity index (χ0n) is 10.7. The summed E-state index contributed by atoms with van der Waals surface area (Å²) in [5, 5.41) is 0.507. The second-order valence-electron chi connectivity index (χ2n) is 5.12. The summed E-state index contributed by atoms with van der Waals surface area (Å²) in [5.74, 6) is 0.515. The molecule has 1 heterocycles. The summed E-state index contributed by atoms with van der Waals surface area (Å²) in [7, 11) is 0. The van der Waals surface area contributed by atoms with Crippen molar-refractivity contribution in [1.82, 2.24) is 4.90 Å². The van der Waals surface area contributed by atoms with Gasteiger partial charge in [-0.2, -0.15) is 0 Å². The normalized spacial score (nSPS) is 19.6. The Morgan fingerprint density at radius 3 is 2.89 bits per heavy atom. The highest BCUT2D eigenvalue weighted by Gasteiger charge is 2.32. The monoisotopic (exact) mass is 283 g/mol. The number of rotatable bonds is 2. The van der Waals surface area contributed by atoms with Crippen molar-refractivity contribution in [2.24, 2.45) is 5.92 Å². The van der Waals surface area contributed by atoms with Gasteiger partial charge < -0.3 is 4.90 Å². The van der Waals surface area contributed by atoms with Crippen molar-refractivity contribution in [2.75, 3.05) is 6.54 Å². The highest BCUT2D eigenvalue weighted by Crippen LogP contribution is 2.28. The van der Waals surface area contributed by atoms with Gasteiger partial charge in [0.25, 0.3) is 5.91 Å². The van der Waals surface area contributed by atoms with E-state index >= 15 is 0 Å². The minimum absolute atomic E-state index is 0.0344. The van der Waals surface area contributed by atoms with Gasteiger partial charge in [0.15, 0.2) is 0 Å². The Labute approximate surface area is 119 Å². The average molecular weight is 284 g/mol. The number of carbonyl (C=O) groups is 1. The number of amides is 1. The maximum atomic E-state index is 12.5. The molecule has 2 rings (SSSR count). The Balaban J connectivity index is 2.28. The Bertz CT molecular complexity index is 461. The van der Waals surface area contributed by atoms with Crippen LogP contribution in [0.15, 0.2) is 23.1 Å². The molecule has 0 radical (unpaired) electrons. The molecule has 4 heteroatoms. The van der Waals surface area contributed by atoms with Crippen molar-refractivity contribution in [1.29, 1.82) is 0 Å². The topological polar surface area (TPSA) is 20.3 Å². The largest absolute Gasteiger partial charge is 0.335 e. The fourth-order valence-electron chi connectivity index (χ4n) is 2.57. The number of benzene rings is 1. The minimum Gasteiger partial charge on any atom is -0.335 e. The molecule has 1 aliphatic heterocycles. The molecule has 0 aromatic heterocycles. The molecule has 2 nitrogen and oxygen atoms in total. The summed E-state index contributed by atoms with van der Waals surface area (Å²) in [4.78, 5) is 15.3. The molecule has 0 spiro atoms. The molecule has 1 aliphatic rings. The number of nitrogens with zero attached hydrogens (tertiary/aromatic N) is 1. The van der Waals surface area contributed by atoms with Crippen LogP contribution >= 0.6 is 24.2 Å². The third kappa shape index (κ3) is 2.67. The fourth-order valence-corrected chi connectivity index (χ4v) is 2.97. The van der Waals surface area contributed by atoms with Crippen LogP contribution < -0.4 is 0 Å². The first kappa shape index (κ1) is 13.8. The van der Waals surface area contributed by atoms with Crippen LogP contribution in [0.1, 0.15) is 37.0 Å². The number of carbonyl (C=O) groups excluding carboxylic acids is 1. The van der Waals surface area contributed by atoms with Crippen LogP contribution in [0.4, 0.5) is 0 Å². The van der Waals surface area contributed by atoms with Crippen LogP contribution in [-0.4, -0.2) is 23.4 Å². The van der Waals surface area contributed by atoms with Crippen molar-refractivity contribution in [3.8, 4) is 0 Å². The van der Waals surface area contributed by atoms with Gasteiger partial charge in [-0.05, 0) is 37.0 Å². The lowest BCUT2D eigenvalue weighted by Gasteiger charge is -2.28. The van der Waals surface area contributed by atoms with Crippen molar-refractivity contribution in [2.45, 2.75) is 37.6 Å². The van der Waals surface area contributed by atoms with E-state index in [1.807, 2.05) is 4.90 Å². The molecule has 0 bridgehead atoms. The van der Waals surface area contributed by atoms with Crippen LogP contribution in [-0.2, 0) is 0 Å². The van der Waals surface area contributed by atoms with E-state index in [2.05, 4.69) is 26.5 Å². The molecule has 1 fully saturated rings. The maximum Gasteiger partial charge on any atom is 0.255 e. The molecule has 1 amide bonds. The molecule has 1 unspecified atom stereocenters. The summed E-state index contributed by atoms with van der Waals surface area (Å²) in [6, 6.07) is 5.62. The van der Waals surface area contributed by atoms with E-state index in [0.717, 1.165) is 24.3 Å². The van der Waals surface area contributed by atoms with Crippen LogP contribution in [0, 0.1) is 5.92 Å². The molecule has 0 aliphatic carbocycles. The third-order valence-corrected chi connectivity index (χ3v) is 4.12. The molecule has 98 valence electrons. The first-order chi connectivity index (χ1) is 8.50. The third-order valence-electron chi connectivity index (χ3n) is 3.51. The summed E-state index contributed by atoms with van der Waals surface area (Å²) in [6.07, 6.45) is 2.16. The van der Waals surface area contributed by atoms with Gasteiger partial charge >= 0.3 is 0 Å². The number of hydrogen-bond donors (Lipinski definition) is 1. The smallest absolute Gasteiger partial charge is 0.255 e. The van der Waals surface area contributed by atoms with E-state index in [9.17, 15) is 4.79 Å². The number of halogens is 1.